The molecule has 21 heavy (non-hydrogen) atoms. The van der Waals surface area contributed by atoms with Crippen molar-refractivity contribution in [3.05, 3.63) is 16.1 Å². The molecule has 4 unspecified atom stereocenters. The molecule has 0 aliphatic heterocycles. The molecule has 4 atom stereocenters. The number of aromatic nitrogens is 1. The van der Waals surface area contributed by atoms with Gasteiger partial charge in [0.1, 0.15) is 5.01 Å². The van der Waals surface area contributed by atoms with Gasteiger partial charge in [0.2, 0.25) is 0 Å². The van der Waals surface area contributed by atoms with Gasteiger partial charge in [-0.3, -0.25) is 0 Å². The molecular weight excluding hydrogens is 284 g/mol. The van der Waals surface area contributed by atoms with E-state index >= 15 is 0 Å². The molecule has 2 rings (SSSR count). The third-order valence-electron chi connectivity index (χ3n) is 4.20. The topological polar surface area (TPSA) is 54.4 Å². The van der Waals surface area contributed by atoms with Crippen LogP contribution in [0.1, 0.15) is 56.3 Å². The SMILES string of the molecule is Cc1csc(C(C)NCC(O)COC2CCCCC2C)n1. The van der Waals surface area contributed by atoms with E-state index in [0.717, 1.165) is 17.1 Å². The highest BCUT2D eigenvalue weighted by atomic mass is 32.1. The van der Waals surface area contributed by atoms with Crippen LogP contribution in [0.3, 0.4) is 0 Å². The molecule has 120 valence electrons. The second-order valence-corrected chi connectivity index (χ2v) is 7.13. The first-order valence-corrected chi connectivity index (χ1v) is 8.89. The Hall–Kier alpha value is -0.490. The molecule has 1 aliphatic carbocycles. The van der Waals surface area contributed by atoms with Gasteiger partial charge in [-0.2, -0.15) is 0 Å². The Morgan fingerprint density at radius 3 is 2.90 bits per heavy atom. The first-order valence-electron chi connectivity index (χ1n) is 8.01. The summed E-state index contributed by atoms with van der Waals surface area (Å²) in [5.74, 6) is 0.621. The maximum atomic E-state index is 10.1. The molecular formula is C16H28N2O2S. The van der Waals surface area contributed by atoms with Gasteiger partial charge < -0.3 is 15.2 Å². The second kappa shape index (κ2) is 8.22. The average molecular weight is 312 g/mol. The number of ether oxygens (including phenoxy) is 1. The number of aliphatic hydroxyl groups excluding tert-OH is 1. The Morgan fingerprint density at radius 1 is 1.48 bits per heavy atom. The summed E-state index contributed by atoms with van der Waals surface area (Å²) in [6, 6.07) is 0.173. The first kappa shape index (κ1) is 16.9. The molecule has 1 aromatic rings. The van der Waals surface area contributed by atoms with E-state index in [4.69, 9.17) is 4.74 Å². The molecule has 1 fully saturated rings. The summed E-state index contributed by atoms with van der Waals surface area (Å²) in [7, 11) is 0. The van der Waals surface area contributed by atoms with E-state index in [1.54, 1.807) is 11.3 Å². The highest BCUT2D eigenvalue weighted by Crippen LogP contribution is 2.26. The van der Waals surface area contributed by atoms with E-state index in [1.165, 1.54) is 19.3 Å². The van der Waals surface area contributed by atoms with E-state index in [9.17, 15) is 5.11 Å². The molecule has 0 saturated heterocycles. The van der Waals surface area contributed by atoms with Crippen molar-refractivity contribution in [2.75, 3.05) is 13.2 Å². The molecule has 1 aromatic heterocycles. The van der Waals surface area contributed by atoms with Crippen LogP contribution >= 0.6 is 11.3 Å². The molecule has 0 amide bonds. The van der Waals surface area contributed by atoms with Crippen molar-refractivity contribution in [2.24, 2.45) is 5.92 Å². The number of hydrogen-bond donors (Lipinski definition) is 2. The molecule has 0 aromatic carbocycles. The molecule has 0 radical (unpaired) electrons. The third-order valence-corrected chi connectivity index (χ3v) is 5.35. The zero-order chi connectivity index (χ0) is 15.2. The molecule has 5 heteroatoms. The lowest BCUT2D eigenvalue weighted by atomic mass is 9.88. The van der Waals surface area contributed by atoms with Crippen LogP contribution in [0.25, 0.3) is 0 Å². The Balaban J connectivity index is 1.66. The summed E-state index contributed by atoms with van der Waals surface area (Å²) in [6.07, 6.45) is 4.82. The van der Waals surface area contributed by atoms with Crippen molar-refractivity contribution in [3.8, 4) is 0 Å². The lowest BCUT2D eigenvalue weighted by molar-refractivity contribution is -0.0455. The van der Waals surface area contributed by atoms with Gasteiger partial charge in [-0.05, 0) is 32.6 Å². The minimum Gasteiger partial charge on any atom is -0.389 e. The normalized spacial score (nSPS) is 25.7. The minimum atomic E-state index is -0.456. The van der Waals surface area contributed by atoms with Gasteiger partial charge in [0.15, 0.2) is 0 Å². The monoisotopic (exact) mass is 312 g/mol. The summed E-state index contributed by atoms with van der Waals surface area (Å²) in [5.41, 5.74) is 1.05. The summed E-state index contributed by atoms with van der Waals surface area (Å²) < 4.78 is 5.90. The van der Waals surface area contributed by atoms with Gasteiger partial charge in [0, 0.05) is 17.6 Å². The van der Waals surface area contributed by atoms with Crippen molar-refractivity contribution in [2.45, 2.75) is 64.7 Å². The largest absolute Gasteiger partial charge is 0.389 e. The highest BCUT2D eigenvalue weighted by Gasteiger charge is 2.22. The molecule has 4 nitrogen and oxygen atoms in total. The van der Waals surface area contributed by atoms with Crippen LogP contribution in [-0.2, 0) is 4.74 Å². The molecule has 0 spiro atoms. The Bertz CT molecular complexity index is 424. The molecule has 2 N–H and O–H groups in total. The number of thiazole rings is 1. The molecule has 1 heterocycles. The minimum absolute atomic E-state index is 0.173. The van der Waals surface area contributed by atoms with Gasteiger partial charge >= 0.3 is 0 Å². The van der Waals surface area contributed by atoms with E-state index in [1.807, 2.05) is 6.92 Å². The fourth-order valence-electron chi connectivity index (χ4n) is 2.79. The summed E-state index contributed by atoms with van der Waals surface area (Å²) in [4.78, 5) is 4.46. The van der Waals surface area contributed by atoms with Crippen LogP contribution in [0.5, 0.6) is 0 Å². The third kappa shape index (κ3) is 5.33. The standard InChI is InChI=1S/C16H28N2O2S/c1-11-6-4-5-7-15(11)20-9-14(19)8-17-13(3)16-18-12(2)10-21-16/h10-11,13-15,17,19H,4-9H2,1-3H3. The quantitative estimate of drug-likeness (QED) is 0.812. The Kier molecular flexibility index (Phi) is 6.61. The van der Waals surface area contributed by atoms with Gasteiger partial charge in [-0.15, -0.1) is 11.3 Å². The fraction of sp³-hybridized carbons (Fsp3) is 0.812. The van der Waals surface area contributed by atoms with Crippen LogP contribution in [0, 0.1) is 12.8 Å². The van der Waals surface area contributed by atoms with Crippen LogP contribution in [0.2, 0.25) is 0 Å². The van der Waals surface area contributed by atoms with Gasteiger partial charge in [0.25, 0.3) is 0 Å². The van der Waals surface area contributed by atoms with E-state index in [2.05, 4.69) is 29.5 Å². The van der Waals surface area contributed by atoms with Crippen LogP contribution < -0.4 is 5.32 Å². The maximum absolute atomic E-state index is 10.1. The van der Waals surface area contributed by atoms with E-state index in [0.29, 0.717) is 25.2 Å². The lowest BCUT2D eigenvalue weighted by Gasteiger charge is -2.29. The molecule has 0 bridgehead atoms. The fourth-order valence-corrected chi connectivity index (χ4v) is 3.62. The first-order chi connectivity index (χ1) is 10.1. The molecule has 1 saturated carbocycles. The van der Waals surface area contributed by atoms with Gasteiger partial charge in [0.05, 0.1) is 24.9 Å². The summed E-state index contributed by atoms with van der Waals surface area (Å²) in [6.45, 7) is 7.30. The van der Waals surface area contributed by atoms with Crippen molar-refractivity contribution in [1.29, 1.82) is 0 Å². The second-order valence-electron chi connectivity index (χ2n) is 6.24. The Morgan fingerprint density at radius 2 is 2.24 bits per heavy atom. The zero-order valence-corrected chi connectivity index (χ0v) is 14.2. The van der Waals surface area contributed by atoms with Crippen molar-refractivity contribution in [3.63, 3.8) is 0 Å². The number of nitrogens with zero attached hydrogens (tertiary/aromatic N) is 1. The number of nitrogens with one attached hydrogen (secondary N) is 1. The average Bonchev–Trinajstić information content (AvgIpc) is 2.90. The van der Waals surface area contributed by atoms with Crippen molar-refractivity contribution >= 4 is 11.3 Å². The summed E-state index contributed by atoms with van der Waals surface area (Å²) >= 11 is 1.66. The van der Waals surface area contributed by atoms with Crippen molar-refractivity contribution in [1.82, 2.24) is 10.3 Å². The number of aryl methyl sites for hydroxylation is 1. The Labute approximate surface area is 131 Å². The number of hydrogen-bond acceptors (Lipinski definition) is 5. The van der Waals surface area contributed by atoms with Gasteiger partial charge in [-0.1, -0.05) is 19.8 Å². The van der Waals surface area contributed by atoms with Crippen molar-refractivity contribution < 1.29 is 9.84 Å². The zero-order valence-electron chi connectivity index (χ0n) is 13.3. The smallest absolute Gasteiger partial charge is 0.110 e. The van der Waals surface area contributed by atoms with E-state index in [-0.39, 0.29) is 6.04 Å². The number of rotatable bonds is 7. The molecule has 1 aliphatic rings. The maximum Gasteiger partial charge on any atom is 0.110 e. The summed E-state index contributed by atoms with van der Waals surface area (Å²) in [5, 5.41) is 16.5. The highest BCUT2D eigenvalue weighted by molar-refractivity contribution is 7.09. The van der Waals surface area contributed by atoms with E-state index < -0.39 is 6.10 Å². The predicted molar refractivity (Wildman–Crippen MR) is 86.6 cm³/mol. The van der Waals surface area contributed by atoms with Crippen LogP contribution in [-0.4, -0.2) is 35.5 Å². The predicted octanol–water partition coefficient (Wildman–Crippen LogP) is 3.06. The van der Waals surface area contributed by atoms with Gasteiger partial charge in [-0.25, -0.2) is 4.98 Å². The van der Waals surface area contributed by atoms with Crippen LogP contribution in [0.15, 0.2) is 5.38 Å². The number of aliphatic hydroxyl groups is 1. The van der Waals surface area contributed by atoms with Crippen LogP contribution in [0.4, 0.5) is 0 Å². The lowest BCUT2D eigenvalue weighted by Crippen LogP contribution is -2.35.